The molecule has 0 fully saturated rings. The van der Waals surface area contributed by atoms with Crippen LogP contribution < -0.4 is 5.32 Å². The highest BCUT2D eigenvalue weighted by molar-refractivity contribution is 5.76. The smallest absolute Gasteiger partial charge is 0.305 e. The zero-order chi connectivity index (χ0) is 55.7. The monoisotopic (exact) mass is 1080 g/mol. The van der Waals surface area contributed by atoms with Crippen LogP contribution in [0.25, 0.3) is 0 Å². The summed E-state index contributed by atoms with van der Waals surface area (Å²) >= 11 is 0. The van der Waals surface area contributed by atoms with Gasteiger partial charge < -0.3 is 20.3 Å². The second-order valence-electron chi connectivity index (χ2n) is 23.5. The molecule has 0 radical (unpaired) electrons. The van der Waals surface area contributed by atoms with E-state index in [0.29, 0.717) is 19.4 Å². The van der Waals surface area contributed by atoms with Crippen LogP contribution >= 0.6 is 0 Å². The van der Waals surface area contributed by atoms with Gasteiger partial charge in [-0.3, -0.25) is 9.59 Å². The molecule has 2 unspecified atom stereocenters. The number of carbonyl (C=O) groups is 2. The van der Waals surface area contributed by atoms with Crippen molar-refractivity contribution in [2.24, 2.45) is 0 Å². The summed E-state index contributed by atoms with van der Waals surface area (Å²) in [5.41, 5.74) is 0. The Hall–Kier alpha value is -2.18. The standard InChI is InChI=1S/C71H133NO5/c1-3-5-7-9-11-13-15-17-19-21-22-23-25-28-32-35-39-43-47-51-55-59-63-69(74)68(67-73)72-70(75)64-60-56-52-48-44-40-36-33-29-26-24-27-30-34-38-42-46-50-54-58-62-66-77-71(76)65-61-57-53-49-45-41-37-31-20-18-16-14-12-10-8-6-4-2/h18,20,42,46,54,58-59,63,68-69,73-74H,3-17,19,21-41,43-45,47-53,55-57,60-62,64-67H2,1-2H3,(H,72,75)/b20-18-,46-42-,58-54-,63-59+. The normalized spacial score (nSPS) is 12.8. The Labute approximate surface area is 480 Å². The van der Waals surface area contributed by atoms with E-state index in [0.717, 1.165) is 51.4 Å². The number of aliphatic hydroxyl groups is 2. The van der Waals surface area contributed by atoms with E-state index in [1.807, 2.05) is 6.08 Å². The zero-order valence-electron chi connectivity index (χ0n) is 51.7. The van der Waals surface area contributed by atoms with E-state index in [1.165, 1.54) is 289 Å². The van der Waals surface area contributed by atoms with Gasteiger partial charge in [-0.2, -0.15) is 0 Å². The molecule has 0 aliphatic heterocycles. The first kappa shape index (κ1) is 74.8. The molecule has 77 heavy (non-hydrogen) atoms. The average Bonchev–Trinajstić information content (AvgIpc) is 3.43. The largest absolute Gasteiger partial charge is 0.465 e. The number of ether oxygens (including phenoxy) is 1. The molecule has 0 aliphatic rings. The van der Waals surface area contributed by atoms with Crippen molar-refractivity contribution in [1.29, 1.82) is 0 Å². The van der Waals surface area contributed by atoms with Crippen molar-refractivity contribution >= 4 is 11.9 Å². The third-order valence-electron chi connectivity index (χ3n) is 15.8. The molecule has 0 aliphatic carbocycles. The molecule has 6 heteroatoms. The van der Waals surface area contributed by atoms with Gasteiger partial charge in [-0.05, 0) is 77.0 Å². The molecule has 3 N–H and O–H groups in total. The summed E-state index contributed by atoms with van der Waals surface area (Å²) in [5.74, 6) is -0.109. The number of hydrogen-bond acceptors (Lipinski definition) is 5. The van der Waals surface area contributed by atoms with Crippen LogP contribution in [-0.4, -0.2) is 47.4 Å². The summed E-state index contributed by atoms with van der Waals surface area (Å²) in [7, 11) is 0. The highest BCUT2D eigenvalue weighted by atomic mass is 16.5. The Morgan fingerprint density at radius 1 is 0.364 bits per heavy atom. The number of hydrogen-bond donors (Lipinski definition) is 3. The maximum absolute atomic E-state index is 12.5. The number of unbranched alkanes of at least 4 members (excludes halogenated alkanes) is 47. The van der Waals surface area contributed by atoms with Gasteiger partial charge in [0.1, 0.15) is 0 Å². The van der Waals surface area contributed by atoms with Gasteiger partial charge in [0.15, 0.2) is 0 Å². The molecule has 0 aromatic carbocycles. The number of carbonyl (C=O) groups excluding carboxylic acids is 2. The lowest BCUT2D eigenvalue weighted by Gasteiger charge is -2.20. The third-order valence-corrected chi connectivity index (χ3v) is 15.8. The molecule has 0 aromatic heterocycles. The minimum absolute atomic E-state index is 0.0389. The van der Waals surface area contributed by atoms with E-state index in [-0.39, 0.29) is 18.5 Å². The summed E-state index contributed by atoms with van der Waals surface area (Å²) in [5, 5.41) is 23.2. The second kappa shape index (κ2) is 66.3. The maximum atomic E-state index is 12.5. The van der Waals surface area contributed by atoms with E-state index in [1.54, 1.807) is 6.08 Å². The summed E-state index contributed by atoms with van der Waals surface area (Å²) < 4.78 is 5.43. The van der Waals surface area contributed by atoms with E-state index < -0.39 is 12.1 Å². The molecular formula is C71H133NO5. The predicted molar refractivity (Wildman–Crippen MR) is 338 cm³/mol. The van der Waals surface area contributed by atoms with Crippen LogP contribution in [0.4, 0.5) is 0 Å². The Bertz CT molecular complexity index is 1290. The Kier molecular flexibility index (Phi) is 64.5. The number of esters is 1. The van der Waals surface area contributed by atoms with Crippen molar-refractivity contribution in [1.82, 2.24) is 5.32 Å². The van der Waals surface area contributed by atoms with Gasteiger partial charge in [0.25, 0.3) is 0 Å². The van der Waals surface area contributed by atoms with E-state index in [2.05, 4.69) is 55.6 Å². The van der Waals surface area contributed by atoms with E-state index in [9.17, 15) is 19.8 Å². The molecule has 0 aromatic rings. The van der Waals surface area contributed by atoms with Gasteiger partial charge in [0.05, 0.1) is 25.4 Å². The summed E-state index contributed by atoms with van der Waals surface area (Å²) in [6.45, 7) is 4.82. The number of rotatable bonds is 64. The lowest BCUT2D eigenvalue weighted by atomic mass is 10.0. The summed E-state index contributed by atoms with van der Waals surface area (Å²) in [6.07, 6.45) is 86.2. The number of allylic oxidation sites excluding steroid dienone is 6. The number of aliphatic hydroxyl groups excluding tert-OH is 2. The van der Waals surface area contributed by atoms with Crippen LogP contribution in [0.1, 0.15) is 367 Å². The minimum atomic E-state index is -0.850. The molecule has 0 saturated heterocycles. The van der Waals surface area contributed by atoms with Gasteiger partial charge in [-0.15, -0.1) is 0 Å². The molecule has 0 rings (SSSR count). The highest BCUT2D eigenvalue weighted by Crippen LogP contribution is 2.18. The van der Waals surface area contributed by atoms with Crippen LogP contribution in [0.5, 0.6) is 0 Å². The summed E-state index contributed by atoms with van der Waals surface area (Å²) in [4.78, 5) is 24.6. The number of nitrogens with one attached hydrogen (secondary N) is 1. The lowest BCUT2D eigenvalue weighted by molar-refractivity contribution is -0.143. The van der Waals surface area contributed by atoms with Crippen LogP contribution in [0.15, 0.2) is 48.6 Å². The quantitative estimate of drug-likeness (QED) is 0.0320. The van der Waals surface area contributed by atoms with Crippen molar-refractivity contribution < 1.29 is 24.5 Å². The average molecular weight is 1080 g/mol. The van der Waals surface area contributed by atoms with E-state index in [4.69, 9.17) is 4.74 Å². The van der Waals surface area contributed by atoms with Gasteiger partial charge in [0.2, 0.25) is 5.91 Å². The molecule has 2 atom stereocenters. The fraction of sp³-hybridized carbons (Fsp3) is 0.859. The zero-order valence-corrected chi connectivity index (χ0v) is 51.7. The van der Waals surface area contributed by atoms with Crippen LogP contribution in [0.3, 0.4) is 0 Å². The highest BCUT2D eigenvalue weighted by Gasteiger charge is 2.18. The lowest BCUT2D eigenvalue weighted by Crippen LogP contribution is -2.45. The molecule has 6 nitrogen and oxygen atoms in total. The van der Waals surface area contributed by atoms with Crippen LogP contribution in [0, 0.1) is 0 Å². The van der Waals surface area contributed by atoms with Crippen molar-refractivity contribution in [2.45, 2.75) is 379 Å². The van der Waals surface area contributed by atoms with Crippen LogP contribution in [0.2, 0.25) is 0 Å². The summed E-state index contributed by atoms with van der Waals surface area (Å²) in [6, 6.07) is -0.634. The Balaban J connectivity index is 3.47. The first-order chi connectivity index (χ1) is 38.0. The fourth-order valence-electron chi connectivity index (χ4n) is 10.6. The van der Waals surface area contributed by atoms with E-state index >= 15 is 0 Å². The van der Waals surface area contributed by atoms with Crippen molar-refractivity contribution in [3.63, 3.8) is 0 Å². The van der Waals surface area contributed by atoms with Crippen LogP contribution in [-0.2, 0) is 14.3 Å². The SMILES string of the molecule is CCCCCCCC/C=C\CCCCCCCCCC(=O)OCC/C=C\C/C=C\CCCCCCCCCCCCCCCCC(=O)NC(CO)C(O)/C=C/CCCCCCCCCCCCCCCCCCCCCC. The van der Waals surface area contributed by atoms with Gasteiger partial charge in [-0.25, -0.2) is 0 Å². The van der Waals surface area contributed by atoms with Gasteiger partial charge >= 0.3 is 5.97 Å². The molecule has 0 bridgehead atoms. The topological polar surface area (TPSA) is 95.9 Å². The fourth-order valence-corrected chi connectivity index (χ4v) is 10.6. The van der Waals surface area contributed by atoms with Crippen molar-refractivity contribution in [2.75, 3.05) is 13.2 Å². The number of amides is 1. The molecule has 0 spiro atoms. The molecule has 452 valence electrons. The van der Waals surface area contributed by atoms with Crippen molar-refractivity contribution in [3.8, 4) is 0 Å². The second-order valence-corrected chi connectivity index (χ2v) is 23.5. The third kappa shape index (κ3) is 62.9. The molecule has 0 saturated carbocycles. The maximum Gasteiger partial charge on any atom is 0.305 e. The Morgan fingerprint density at radius 2 is 0.649 bits per heavy atom. The van der Waals surface area contributed by atoms with Crippen molar-refractivity contribution in [3.05, 3.63) is 48.6 Å². The first-order valence-corrected chi connectivity index (χ1v) is 34.4. The molecule has 1 amide bonds. The first-order valence-electron chi connectivity index (χ1n) is 34.4. The predicted octanol–water partition coefficient (Wildman–Crippen LogP) is 22.1. The van der Waals surface area contributed by atoms with Gasteiger partial charge in [-0.1, -0.05) is 326 Å². The Morgan fingerprint density at radius 3 is 1.00 bits per heavy atom. The van der Waals surface area contributed by atoms with Gasteiger partial charge in [0, 0.05) is 12.8 Å². The molecular weight excluding hydrogens is 947 g/mol. The molecule has 0 heterocycles. The minimum Gasteiger partial charge on any atom is -0.465 e.